The lowest BCUT2D eigenvalue weighted by atomic mass is 10.1. The van der Waals surface area contributed by atoms with Gasteiger partial charge in [-0.1, -0.05) is 12.1 Å². The number of rotatable bonds is 7. The van der Waals surface area contributed by atoms with Crippen LogP contribution in [0.15, 0.2) is 34.8 Å². The van der Waals surface area contributed by atoms with Crippen molar-refractivity contribution in [2.45, 2.75) is 20.4 Å². The number of hydrogen-bond acceptors (Lipinski definition) is 3. The monoisotopic (exact) mass is 365 g/mol. The number of carbonyl (C=O) groups is 1. The smallest absolute Gasteiger partial charge is 0.202 e. The summed E-state index contributed by atoms with van der Waals surface area (Å²) in [6.45, 7) is 5.34. The van der Waals surface area contributed by atoms with Gasteiger partial charge in [0, 0.05) is 30.6 Å². The van der Waals surface area contributed by atoms with Gasteiger partial charge in [-0.15, -0.1) is 0 Å². The lowest BCUT2D eigenvalue weighted by Crippen LogP contribution is -2.14. The second-order valence-corrected chi connectivity index (χ2v) is 5.93. The molecule has 0 spiro atoms. The van der Waals surface area contributed by atoms with Crippen molar-refractivity contribution >= 4 is 21.7 Å². The molecule has 1 heterocycles. The van der Waals surface area contributed by atoms with Gasteiger partial charge in [0.2, 0.25) is 5.78 Å². The number of para-hydroxylation sites is 1. The minimum absolute atomic E-state index is 0.0208. The Morgan fingerprint density at radius 1 is 1.27 bits per heavy atom. The quantitative estimate of drug-likeness (QED) is 0.701. The van der Waals surface area contributed by atoms with E-state index in [0.717, 1.165) is 22.4 Å². The molecule has 0 N–H and O–H groups in total. The molecule has 0 atom stereocenters. The largest absolute Gasteiger partial charge is 0.484 e. The minimum atomic E-state index is -0.0208. The lowest BCUT2D eigenvalue weighted by molar-refractivity contribution is 0.0920. The van der Waals surface area contributed by atoms with Crippen LogP contribution in [0.5, 0.6) is 5.75 Å². The van der Waals surface area contributed by atoms with E-state index in [1.54, 1.807) is 7.11 Å². The summed E-state index contributed by atoms with van der Waals surface area (Å²) in [6.07, 6.45) is 0. The van der Waals surface area contributed by atoms with Crippen LogP contribution in [-0.4, -0.2) is 30.7 Å². The predicted octanol–water partition coefficient (Wildman–Crippen LogP) is 3.78. The van der Waals surface area contributed by atoms with Crippen molar-refractivity contribution in [1.82, 2.24) is 4.57 Å². The summed E-state index contributed by atoms with van der Waals surface area (Å²) >= 11 is 3.41. The SMILES string of the molecule is COCCn1c(C)cc(C(=O)COc2ccccc2Br)c1C. The molecular formula is C17H20BrNO3. The van der Waals surface area contributed by atoms with Crippen molar-refractivity contribution in [2.75, 3.05) is 20.3 Å². The maximum absolute atomic E-state index is 12.4. The second-order valence-electron chi connectivity index (χ2n) is 5.07. The van der Waals surface area contributed by atoms with Crippen molar-refractivity contribution in [3.05, 3.63) is 51.8 Å². The third kappa shape index (κ3) is 3.78. The van der Waals surface area contributed by atoms with Crippen LogP contribution in [0.4, 0.5) is 0 Å². The molecule has 22 heavy (non-hydrogen) atoms. The van der Waals surface area contributed by atoms with Crippen LogP contribution >= 0.6 is 15.9 Å². The van der Waals surface area contributed by atoms with Crippen molar-refractivity contribution in [2.24, 2.45) is 0 Å². The Balaban J connectivity index is 2.08. The highest BCUT2D eigenvalue weighted by atomic mass is 79.9. The standard InChI is InChI=1S/C17H20BrNO3/c1-12-10-14(13(2)19(12)8-9-21-3)16(20)11-22-17-7-5-4-6-15(17)18/h4-7,10H,8-9,11H2,1-3H3. The first-order valence-corrected chi connectivity index (χ1v) is 7.90. The van der Waals surface area contributed by atoms with E-state index in [9.17, 15) is 4.79 Å². The molecule has 0 aliphatic heterocycles. The van der Waals surface area contributed by atoms with Crippen LogP contribution in [0.25, 0.3) is 0 Å². The molecule has 0 fully saturated rings. The van der Waals surface area contributed by atoms with Gasteiger partial charge in [0.15, 0.2) is 6.61 Å². The van der Waals surface area contributed by atoms with E-state index in [4.69, 9.17) is 9.47 Å². The molecule has 0 saturated heterocycles. The van der Waals surface area contributed by atoms with Crippen LogP contribution < -0.4 is 4.74 Å². The highest BCUT2D eigenvalue weighted by Gasteiger charge is 2.16. The lowest BCUT2D eigenvalue weighted by Gasteiger charge is -2.09. The zero-order chi connectivity index (χ0) is 16.1. The Morgan fingerprint density at radius 2 is 2.00 bits per heavy atom. The molecule has 0 bridgehead atoms. The molecule has 0 saturated carbocycles. The Hall–Kier alpha value is -1.59. The minimum Gasteiger partial charge on any atom is -0.484 e. The van der Waals surface area contributed by atoms with E-state index in [1.165, 1.54) is 0 Å². The predicted molar refractivity (Wildman–Crippen MR) is 89.7 cm³/mol. The fraction of sp³-hybridized carbons (Fsp3) is 0.353. The Morgan fingerprint density at radius 3 is 2.68 bits per heavy atom. The Labute approximate surface area is 139 Å². The molecule has 0 aliphatic rings. The highest BCUT2D eigenvalue weighted by molar-refractivity contribution is 9.10. The molecule has 118 valence electrons. The van der Waals surface area contributed by atoms with Crippen LogP contribution in [-0.2, 0) is 11.3 Å². The maximum Gasteiger partial charge on any atom is 0.202 e. The van der Waals surface area contributed by atoms with Gasteiger partial charge in [-0.25, -0.2) is 0 Å². The molecule has 2 aromatic rings. The molecule has 1 aromatic heterocycles. The summed E-state index contributed by atoms with van der Waals surface area (Å²) in [7, 11) is 1.67. The first kappa shape index (κ1) is 16.8. The number of hydrogen-bond donors (Lipinski definition) is 0. The van der Waals surface area contributed by atoms with Gasteiger partial charge in [-0.05, 0) is 48.0 Å². The van der Waals surface area contributed by atoms with Crippen molar-refractivity contribution < 1.29 is 14.3 Å². The number of halogens is 1. The summed E-state index contributed by atoms with van der Waals surface area (Å²) in [5, 5.41) is 0. The van der Waals surface area contributed by atoms with Crippen molar-refractivity contribution in [1.29, 1.82) is 0 Å². The Bertz CT molecular complexity index is 664. The average molecular weight is 366 g/mol. The molecule has 0 unspecified atom stereocenters. The van der Waals surface area contributed by atoms with Gasteiger partial charge in [0.1, 0.15) is 5.75 Å². The van der Waals surface area contributed by atoms with E-state index in [1.807, 2.05) is 44.2 Å². The molecule has 0 amide bonds. The van der Waals surface area contributed by atoms with Gasteiger partial charge >= 0.3 is 0 Å². The normalized spacial score (nSPS) is 10.7. The second kappa shape index (κ2) is 7.61. The number of nitrogens with zero attached hydrogens (tertiary/aromatic N) is 1. The summed E-state index contributed by atoms with van der Waals surface area (Å²) in [4.78, 5) is 12.4. The number of ketones is 1. The van der Waals surface area contributed by atoms with Crippen molar-refractivity contribution in [3.63, 3.8) is 0 Å². The number of benzene rings is 1. The summed E-state index contributed by atoms with van der Waals surface area (Å²) in [5.41, 5.74) is 2.72. The van der Waals surface area contributed by atoms with E-state index in [0.29, 0.717) is 17.9 Å². The molecular weight excluding hydrogens is 346 g/mol. The first-order valence-electron chi connectivity index (χ1n) is 7.10. The van der Waals surface area contributed by atoms with Crippen LogP contribution in [0.3, 0.4) is 0 Å². The molecule has 0 radical (unpaired) electrons. The number of ether oxygens (including phenoxy) is 2. The van der Waals surface area contributed by atoms with Gasteiger partial charge in [0.05, 0.1) is 11.1 Å². The third-order valence-corrected chi connectivity index (χ3v) is 4.24. The van der Waals surface area contributed by atoms with E-state index >= 15 is 0 Å². The fourth-order valence-corrected chi connectivity index (χ4v) is 2.79. The third-order valence-electron chi connectivity index (χ3n) is 3.59. The molecule has 1 aromatic carbocycles. The van der Waals surface area contributed by atoms with E-state index < -0.39 is 0 Å². The topological polar surface area (TPSA) is 40.5 Å². The van der Waals surface area contributed by atoms with E-state index in [-0.39, 0.29) is 12.4 Å². The van der Waals surface area contributed by atoms with Crippen LogP contribution in [0, 0.1) is 13.8 Å². The van der Waals surface area contributed by atoms with Crippen LogP contribution in [0.2, 0.25) is 0 Å². The zero-order valence-corrected chi connectivity index (χ0v) is 14.6. The zero-order valence-electron chi connectivity index (χ0n) is 13.1. The fourth-order valence-electron chi connectivity index (χ4n) is 2.39. The van der Waals surface area contributed by atoms with Gasteiger partial charge in [-0.2, -0.15) is 0 Å². The van der Waals surface area contributed by atoms with Gasteiger partial charge < -0.3 is 14.0 Å². The summed E-state index contributed by atoms with van der Waals surface area (Å²) < 4.78 is 13.6. The number of methoxy groups -OCH3 is 1. The average Bonchev–Trinajstić information content (AvgIpc) is 2.79. The molecule has 4 nitrogen and oxygen atoms in total. The number of carbonyl (C=O) groups excluding carboxylic acids is 1. The first-order chi connectivity index (χ1) is 10.5. The number of aromatic nitrogens is 1. The van der Waals surface area contributed by atoms with Gasteiger partial charge in [-0.3, -0.25) is 4.79 Å². The summed E-state index contributed by atoms with van der Waals surface area (Å²) in [5.74, 6) is 0.650. The molecule has 5 heteroatoms. The number of Topliss-reactive ketones (excluding diaryl/α,β-unsaturated/α-hetero) is 1. The highest BCUT2D eigenvalue weighted by Crippen LogP contribution is 2.24. The number of aryl methyl sites for hydroxylation is 1. The van der Waals surface area contributed by atoms with Crippen LogP contribution in [0.1, 0.15) is 21.7 Å². The van der Waals surface area contributed by atoms with E-state index in [2.05, 4.69) is 20.5 Å². The molecule has 2 rings (SSSR count). The van der Waals surface area contributed by atoms with Crippen molar-refractivity contribution in [3.8, 4) is 5.75 Å². The molecule has 0 aliphatic carbocycles. The Kier molecular flexibility index (Phi) is 5.80. The maximum atomic E-state index is 12.4. The van der Waals surface area contributed by atoms with Gasteiger partial charge in [0.25, 0.3) is 0 Å². The summed E-state index contributed by atoms with van der Waals surface area (Å²) in [6, 6.07) is 9.41.